The smallest absolute Gasteiger partial charge is 0.192 e. The summed E-state index contributed by atoms with van der Waals surface area (Å²) in [6.45, 7) is 19.6. The maximum atomic E-state index is 12.2. The first-order valence-electron chi connectivity index (χ1n) is 9.87. The second-order valence-electron chi connectivity index (χ2n) is 10.5. The minimum atomic E-state index is -1.97. The standard InChI is InChI=1S/C21H38O4Si/c1-14-9-17(23)10-16-11-21(13-22,18(24)20(14,16)6)15(2)12-25-26(7,8)19(3,4)5/h13-14,16-18,23-24H,2,9-12H2,1,3-8H3/t14-,16+,17+,18-,20+,21-/m0/s1. The Bertz CT molecular complexity index is 567. The number of fused-ring (bicyclic) bond motifs is 1. The molecule has 0 radical (unpaired) electrons. The van der Waals surface area contributed by atoms with E-state index in [-0.39, 0.29) is 28.4 Å². The maximum Gasteiger partial charge on any atom is 0.192 e. The highest BCUT2D eigenvalue weighted by molar-refractivity contribution is 6.74. The Balaban J connectivity index is 2.26. The lowest BCUT2D eigenvalue weighted by molar-refractivity contribution is -0.124. The zero-order valence-electron chi connectivity index (χ0n) is 17.6. The Hall–Kier alpha value is -0.493. The van der Waals surface area contributed by atoms with Gasteiger partial charge in [-0.2, -0.15) is 0 Å². The van der Waals surface area contributed by atoms with E-state index >= 15 is 0 Å². The summed E-state index contributed by atoms with van der Waals surface area (Å²) in [6.07, 6.45) is 1.63. The maximum absolute atomic E-state index is 12.2. The molecule has 2 fully saturated rings. The first-order valence-corrected chi connectivity index (χ1v) is 12.8. The number of aliphatic hydroxyl groups excluding tert-OH is 2. The molecule has 0 bridgehead atoms. The number of carbonyl (C=O) groups excluding carboxylic acids is 1. The van der Waals surface area contributed by atoms with E-state index in [1.165, 1.54) is 0 Å². The predicted octanol–water partition coefficient (Wildman–Crippen LogP) is 3.93. The van der Waals surface area contributed by atoms with Crippen LogP contribution in [-0.2, 0) is 9.22 Å². The molecule has 0 spiro atoms. The minimum absolute atomic E-state index is 0.0779. The first kappa shape index (κ1) is 21.8. The van der Waals surface area contributed by atoms with Crippen LogP contribution in [0.3, 0.4) is 0 Å². The highest BCUT2D eigenvalue weighted by atomic mass is 28.4. The predicted molar refractivity (Wildman–Crippen MR) is 107 cm³/mol. The van der Waals surface area contributed by atoms with Crippen LogP contribution in [-0.4, -0.2) is 43.6 Å². The third kappa shape index (κ3) is 3.25. The van der Waals surface area contributed by atoms with Crippen molar-refractivity contribution in [2.24, 2.45) is 22.7 Å². The van der Waals surface area contributed by atoms with Gasteiger partial charge in [-0.25, -0.2) is 0 Å². The monoisotopic (exact) mass is 382 g/mol. The molecular weight excluding hydrogens is 344 g/mol. The Morgan fingerprint density at radius 1 is 1.31 bits per heavy atom. The minimum Gasteiger partial charge on any atom is -0.413 e. The third-order valence-electron chi connectivity index (χ3n) is 8.07. The molecule has 0 heterocycles. The number of hydrogen-bond donors (Lipinski definition) is 2. The first-order chi connectivity index (χ1) is 11.7. The second kappa shape index (κ2) is 6.84. The fourth-order valence-corrected chi connectivity index (χ4v) is 5.73. The van der Waals surface area contributed by atoms with Gasteiger partial charge in [-0.05, 0) is 54.8 Å². The van der Waals surface area contributed by atoms with Gasteiger partial charge in [0.1, 0.15) is 6.29 Å². The van der Waals surface area contributed by atoms with Gasteiger partial charge in [0.15, 0.2) is 8.32 Å². The number of carbonyl (C=O) groups is 1. The number of aliphatic hydroxyl groups is 2. The Morgan fingerprint density at radius 3 is 2.38 bits per heavy atom. The van der Waals surface area contributed by atoms with Crippen molar-refractivity contribution in [2.45, 2.75) is 84.2 Å². The summed E-state index contributed by atoms with van der Waals surface area (Å²) in [4.78, 5) is 12.2. The summed E-state index contributed by atoms with van der Waals surface area (Å²) in [5.74, 6) is 0.272. The van der Waals surface area contributed by atoms with Gasteiger partial charge in [0, 0.05) is 5.41 Å². The van der Waals surface area contributed by atoms with Crippen LogP contribution in [0.4, 0.5) is 0 Å². The molecule has 2 rings (SSSR count). The van der Waals surface area contributed by atoms with Crippen LogP contribution in [0.25, 0.3) is 0 Å². The van der Waals surface area contributed by atoms with E-state index in [9.17, 15) is 15.0 Å². The van der Waals surface area contributed by atoms with Gasteiger partial charge in [0.05, 0.1) is 24.2 Å². The van der Waals surface area contributed by atoms with E-state index in [4.69, 9.17) is 4.43 Å². The van der Waals surface area contributed by atoms with Crippen molar-refractivity contribution in [3.63, 3.8) is 0 Å². The normalized spacial score (nSPS) is 41.0. The molecular formula is C21H38O4Si. The number of hydrogen-bond acceptors (Lipinski definition) is 4. The summed E-state index contributed by atoms with van der Waals surface area (Å²) in [5, 5.41) is 21.6. The molecule has 5 heteroatoms. The average Bonchev–Trinajstić information content (AvgIpc) is 2.75. The van der Waals surface area contributed by atoms with Crippen molar-refractivity contribution < 1.29 is 19.4 Å². The Labute approximate surface area is 160 Å². The summed E-state index contributed by atoms with van der Waals surface area (Å²) >= 11 is 0. The average molecular weight is 383 g/mol. The van der Waals surface area contributed by atoms with Gasteiger partial charge in [0.25, 0.3) is 0 Å². The SMILES string of the molecule is C=C(CO[Si](C)(C)C(C)(C)C)[C@@]1(C=O)C[C@H]2C[C@H](O)C[C@H](C)[C@@]2(C)[C@@H]1O. The lowest BCUT2D eigenvalue weighted by Crippen LogP contribution is -2.49. The van der Waals surface area contributed by atoms with Gasteiger partial charge >= 0.3 is 0 Å². The van der Waals surface area contributed by atoms with Gasteiger partial charge in [-0.3, -0.25) is 0 Å². The summed E-state index contributed by atoms with van der Waals surface area (Å²) < 4.78 is 6.30. The van der Waals surface area contributed by atoms with Crippen molar-refractivity contribution in [1.29, 1.82) is 0 Å². The zero-order valence-corrected chi connectivity index (χ0v) is 18.6. The Kier molecular flexibility index (Phi) is 5.73. The van der Waals surface area contributed by atoms with E-state index in [1.807, 2.05) is 0 Å². The fourth-order valence-electron chi connectivity index (χ4n) is 4.77. The Morgan fingerprint density at radius 2 is 1.88 bits per heavy atom. The quantitative estimate of drug-likeness (QED) is 0.429. The fraction of sp³-hybridized carbons (Fsp3) is 0.857. The van der Waals surface area contributed by atoms with Crippen LogP contribution in [0.15, 0.2) is 12.2 Å². The molecule has 0 amide bonds. The van der Waals surface area contributed by atoms with Crippen LogP contribution in [0.2, 0.25) is 18.1 Å². The van der Waals surface area contributed by atoms with Crippen molar-refractivity contribution in [1.82, 2.24) is 0 Å². The molecule has 2 saturated carbocycles. The number of aldehydes is 1. The largest absolute Gasteiger partial charge is 0.413 e. The van der Waals surface area contributed by atoms with Crippen molar-refractivity contribution in [3.8, 4) is 0 Å². The molecule has 2 N–H and O–H groups in total. The molecule has 26 heavy (non-hydrogen) atoms. The van der Waals surface area contributed by atoms with Gasteiger partial charge in [0.2, 0.25) is 0 Å². The lowest BCUT2D eigenvalue weighted by atomic mass is 9.61. The molecule has 0 unspecified atom stereocenters. The van der Waals surface area contributed by atoms with E-state index in [1.54, 1.807) is 0 Å². The van der Waals surface area contributed by atoms with E-state index in [0.29, 0.717) is 31.4 Å². The highest BCUT2D eigenvalue weighted by Gasteiger charge is 2.64. The third-order valence-corrected chi connectivity index (χ3v) is 12.5. The number of rotatable bonds is 5. The molecule has 0 saturated heterocycles. The molecule has 2 aliphatic carbocycles. The molecule has 6 atom stereocenters. The summed E-state index contributed by atoms with van der Waals surface area (Å²) in [5.41, 5.74) is -0.665. The van der Waals surface area contributed by atoms with Crippen LogP contribution in [0.1, 0.15) is 53.9 Å². The van der Waals surface area contributed by atoms with E-state index in [2.05, 4.69) is 54.3 Å². The van der Waals surface area contributed by atoms with E-state index in [0.717, 1.165) is 6.29 Å². The van der Waals surface area contributed by atoms with Crippen LogP contribution < -0.4 is 0 Å². The van der Waals surface area contributed by atoms with Gasteiger partial charge in [-0.15, -0.1) is 0 Å². The van der Waals surface area contributed by atoms with Gasteiger partial charge in [-0.1, -0.05) is 41.2 Å². The topological polar surface area (TPSA) is 66.8 Å². The molecule has 150 valence electrons. The van der Waals surface area contributed by atoms with E-state index < -0.39 is 19.8 Å². The molecule has 0 aromatic rings. The zero-order chi connectivity index (χ0) is 20.1. The lowest BCUT2D eigenvalue weighted by Gasteiger charge is -2.46. The second-order valence-corrected chi connectivity index (χ2v) is 15.3. The van der Waals surface area contributed by atoms with Crippen LogP contribution in [0.5, 0.6) is 0 Å². The van der Waals surface area contributed by atoms with Crippen molar-refractivity contribution in [3.05, 3.63) is 12.2 Å². The summed E-state index contributed by atoms with van der Waals surface area (Å²) in [7, 11) is -1.97. The molecule has 4 nitrogen and oxygen atoms in total. The summed E-state index contributed by atoms with van der Waals surface area (Å²) in [6, 6.07) is 0. The highest BCUT2D eigenvalue weighted by Crippen LogP contribution is 2.62. The molecule has 0 aromatic carbocycles. The molecule has 0 aromatic heterocycles. The molecule has 0 aliphatic heterocycles. The molecule has 2 aliphatic rings. The van der Waals surface area contributed by atoms with Crippen molar-refractivity contribution in [2.75, 3.05) is 6.61 Å². The van der Waals surface area contributed by atoms with Crippen LogP contribution in [0, 0.1) is 22.7 Å². The van der Waals surface area contributed by atoms with Gasteiger partial charge < -0.3 is 19.4 Å². The van der Waals surface area contributed by atoms with Crippen LogP contribution >= 0.6 is 0 Å². The van der Waals surface area contributed by atoms with Crippen molar-refractivity contribution >= 4 is 14.6 Å².